The quantitative estimate of drug-likeness (QED) is 0.678. The number of urea groups is 1. The minimum absolute atomic E-state index is 0.0935. The van der Waals surface area contributed by atoms with Gasteiger partial charge in [0.15, 0.2) is 0 Å². The molecule has 0 aliphatic heterocycles. The average Bonchev–Trinajstić information content (AvgIpc) is 2.34. The number of carbonyl (C=O) groups excluding carboxylic acids is 1. The van der Waals surface area contributed by atoms with E-state index < -0.39 is 31.1 Å². The van der Waals surface area contributed by atoms with Gasteiger partial charge in [-0.15, -0.1) is 0 Å². The predicted octanol–water partition coefficient (Wildman–Crippen LogP) is 0.0708. The molecule has 0 aliphatic carbocycles. The summed E-state index contributed by atoms with van der Waals surface area (Å²) in [5.74, 6) is -2.56. The molecule has 2 amide bonds. The van der Waals surface area contributed by atoms with Crippen molar-refractivity contribution in [3.8, 4) is 0 Å². The van der Waals surface area contributed by atoms with E-state index in [0.29, 0.717) is 10.6 Å². The molecule has 20 heavy (non-hydrogen) atoms. The number of rotatable bonds is 6. The maximum Gasteiger partial charge on any atom is 0.323 e. The van der Waals surface area contributed by atoms with Crippen LogP contribution in [0, 0.1) is 6.92 Å². The summed E-state index contributed by atoms with van der Waals surface area (Å²) in [6, 6.07) is 4.51. The van der Waals surface area contributed by atoms with Gasteiger partial charge in [-0.2, -0.15) is 0 Å². The molecule has 1 aromatic heterocycles. The van der Waals surface area contributed by atoms with Crippen molar-refractivity contribution in [2.45, 2.75) is 13.5 Å². The molecule has 0 fully saturated rings. The molecule has 0 aromatic carbocycles. The van der Waals surface area contributed by atoms with Crippen LogP contribution in [0.5, 0.6) is 0 Å². The number of carboxylic acids is 2. The van der Waals surface area contributed by atoms with Gasteiger partial charge in [-0.05, 0) is 19.1 Å². The van der Waals surface area contributed by atoms with Crippen LogP contribution in [0.4, 0.5) is 4.79 Å². The number of aryl methyl sites for hydroxylation is 1. The van der Waals surface area contributed by atoms with Crippen LogP contribution in [0.15, 0.2) is 18.2 Å². The molecule has 1 rings (SSSR count). The normalized spacial score (nSPS) is 9.85. The second kappa shape index (κ2) is 7.07. The van der Waals surface area contributed by atoms with Gasteiger partial charge in [0.1, 0.15) is 13.1 Å². The summed E-state index contributed by atoms with van der Waals surface area (Å²) in [5.41, 5.74) is 1.38. The van der Waals surface area contributed by atoms with E-state index in [1.54, 1.807) is 25.1 Å². The molecule has 0 aliphatic rings. The Morgan fingerprint density at radius 3 is 2.30 bits per heavy atom. The predicted molar refractivity (Wildman–Crippen MR) is 68.1 cm³/mol. The highest BCUT2D eigenvalue weighted by atomic mass is 16.4. The van der Waals surface area contributed by atoms with Crippen molar-refractivity contribution in [3.63, 3.8) is 0 Å². The molecule has 0 atom stereocenters. The molecule has 1 aromatic rings. The van der Waals surface area contributed by atoms with Crippen LogP contribution in [0.3, 0.4) is 0 Å². The van der Waals surface area contributed by atoms with Gasteiger partial charge in [0.25, 0.3) is 0 Å². The summed E-state index contributed by atoms with van der Waals surface area (Å²) < 4.78 is 0. The minimum atomic E-state index is -1.28. The average molecular weight is 281 g/mol. The van der Waals surface area contributed by atoms with Gasteiger partial charge in [0.2, 0.25) is 0 Å². The number of nitrogens with zero attached hydrogens (tertiary/aromatic N) is 2. The molecule has 108 valence electrons. The smallest absolute Gasteiger partial charge is 0.323 e. The summed E-state index contributed by atoms with van der Waals surface area (Å²) in [6.07, 6.45) is 0. The minimum Gasteiger partial charge on any atom is -0.480 e. The number of hydrogen-bond acceptors (Lipinski definition) is 4. The molecule has 0 spiro atoms. The highest BCUT2D eigenvalue weighted by molar-refractivity contribution is 5.84. The van der Waals surface area contributed by atoms with Crippen molar-refractivity contribution in [3.05, 3.63) is 29.6 Å². The van der Waals surface area contributed by atoms with Gasteiger partial charge in [-0.3, -0.25) is 14.6 Å². The third-order valence-corrected chi connectivity index (χ3v) is 2.31. The first-order valence-electron chi connectivity index (χ1n) is 5.77. The Morgan fingerprint density at radius 2 is 1.80 bits per heavy atom. The zero-order chi connectivity index (χ0) is 15.1. The second-order valence-corrected chi connectivity index (χ2v) is 4.07. The molecule has 8 heteroatoms. The first-order chi connectivity index (χ1) is 9.38. The van der Waals surface area contributed by atoms with Crippen molar-refractivity contribution in [1.29, 1.82) is 0 Å². The van der Waals surface area contributed by atoms with Crippen LogP contribution in [0.2, 0.25) is 0 Å². The Morgan fingerprint density at radius 1 is 1.20 bits per heavy atom. The summed E-state index contributed by atoms with van der Waals surface area (Å²) in [4.78, 5) is 37.8. The number of nitrogens with one attached hydrogen (secondary N) is 1. The van der Waals surface area contributed by atoms with E-state index in [4.69, 9.17) is 10.2 Å². The molecule has 3 N–H and O–H groups in total. The number of aliphatic carboxylic acids is 2. The van der Waals surface area contributed by atoms with Gasteiger partial charge in [-0.25, -0.2) is 4.79 Å². The Bertz CT molecular complexity index is 502. The maximum absolute atomic E-state index is 11.7. The van der Waals surface area contributed by atoms with Crippen LogP contribution in [0.1, 0.15) is 11.4 Å². The molecular formula is C12H15N3O5. The van der Waals surface area contributed by atoms with Crippen molar-refractivity contribution < 1.29 is 24.6 Å². The zero-order valence-corrected chi connectivity index (χ0v) is 10.9. The number of hydrogen-bond donors (Lipinski definition) is 3. The molecule has 1 heterocycles. The van der Waals surface area contributed by atoms with Crippen LogP contribution in [0.25, 0.3) is 0 Å². The van der Waals surface area contributed by atoms with Gasteiger partial charge in [0.05, 0.1) is 12.2 Å². The van der Waals surface area contributed by atoms with Crippen LogP contribution in [-0.4, -0.2) is 51.2 Å². The monoisotopic (exact) mass is 281 g/mol. The molecular weight excluding hydrogens is 266 g/mol. The van der Waals surface area contributed by atoms with E-state index in [9.17, 15) is 14.4 Å². The fraction of sp³-hybridized carbons (Fsp3) is 0.333. The molecule has 0 saturated carbocycles. The van der Waals surface area contributed by atoms with Crippen LogP contribution < -0.4 is 5.32 Å². The highest BCUT2D eigenvalue weighted by Crippen LogP contribution is 1.98. The van der Waals surface area contributed by atoms with E-state index in [0.717, 1.165) is 5.69 Å². The number of carbonyl (C=O) groups is 3. The molecule has 0 radical (unpaired) electrons. The Balaban J connectivity index is 2.61. The fourth-order valence-electron chi connectivity index (χ4n) is 1.50. The van der Waals surface area contributed by atoms with E-state index in [2.05, 4.69) is 10.3 Å². The molecule has 8 nitrogen and oxygen atoms in total. The Labute approximate surface area is 115 Å². The summed E-state index contributed by atoms with van der Waals surface area (Å²) >= 11 is 0. The van der Waals surface area contributed by atoms with Gasteiger partial charge in [0, 0.05) is 5.69 Å². The number of pyridine rings is 1. The molecule has 0 saturated heterocycles. The van der Waals surface area contributed by atoms with E-state index in [-0.39, 0.29) is 6.54 Å². The summed E-state index contributed by atoms with van der Waals surface area (Å²) in [6.45, 7) is 0.529. The standard InChI is InChI=1S/C12H15N3O5/c1-8-3-2-4-9(14-8)5-13-12(20)15(6-10(16)17)7-11(18)19/h2-4H,5-7H2,1H3,(H,13,20)(H,16,17)(H,18,19). The lowest BCUT2D eigenvalue weighted by Gasteiger charge is -2.18. The fourth-order valence-corrected chi connectivity index (χ4v) is 1.50. The van der Waals surface area contributed by atoms with Crippen molar-refractivity contribution >= 4 is 18.0 Å². The Hall–Kier alpha value is -2.64. The molecule has 0 unspecified atom stereocenters. The van der Waals surface area contributed by atoms with Gasteiger partial charge in [-0.1, -0.05) is 6.07 Å². The second-order valence-electron chi connectivity index (χ2n) is 4.07. The van der Waals surface area contributed by atoms with Crippen LogP contribution in [-0.2, 0) is 16.1 Å². The highest BCUT2D eigenvalue weighted by Gasteiger charge is 2.19. The zero-order valence-electron chi connectivity index (χ0n) is 10.9. The third-order valence-electron chi connectivity index (χ3n) is 2.31. The van der Waals surface area contributed by atoms with Crippen molar-refractivity contribution in [1.82, 2.24) is 15.2 Å². The molecule has 0 bridgehead atoms. The summed E-state index contributed by atoms with van der Waals surface area (Å²) in [7, 11) is 0. The first-order valence-corrected chi connectivity index (χ1v) is 5.77. The SMILES string of the molecule is Cc1cccc(CNC(=O)N(CC(=O)O)CC(=O)O)n1. The maximum atomic E-state index is 11.7. The van der Waals surface area contributed by atoms with Crippen LogP contribution >= 0.6 is 0 Å². The van der Waals surface area contributed by atoms with E-state index >= 15 is 0 Å². The number of carboxylic acid groups (broad SMARTS) is 2. The number of aromatic nitrogens is 1. The van der Waals surface area contributed by atoms with E-state index in [1.165, 1.54) is 0 Å². The lowest BCUT2D eigenvalue weighted by atomic mass is 10.3. The lowest BCUT2D eigenvalue weighted by molar-refractivity contribution is -0.140. The first kappa shape index (κ1) is 15.4. The Kier molecular flexibility index (Phi) is 5.45. The lowest BCUT2D eigenvalue weighted by Crippen LogP contribution is -2.45. The van der Waals surface area contributed by atoms with E-state index in [1.807, 2.05) is 0 Å². The van der Waals surface area contributed by atoms with Gasteiger partial charge < -0.3 is 20.4 Å². The van der Waals surface area contributed by atoms with Crippen molar-refractivity contribution in [2.75, 3.05) is 13.1 Å². The summed E-state index contributed by atoms with van der Waals surface area (Å²) in [5, 5.41) is 19.7. The van der Waals surface area contributed by atoms with Gasteiger partial charge >= 0.3 is 18.0 Å². The topological polar surface area (TPSA) is 120 Å². The number of amides is 2. The largest absolute Gasteiger partial charge is 0.480 e. The van der Waals surface area contributed by atoms with Crippen molar-refractivity contribution in [2.24, 2.45) is 0 Å². The third kappa shape index (κ3) is 5.34.